The molecule has 4 heteroatoms. The summed E-state index contributed by atoms with van der Waals surface area (Å²) in [4.78, 5) is 14.1. The summed E-state index contributed by atoms with van der Waals surface area (Å²) in [5, 5.41) is 2.99. The molecule has 0 spiro atoms. The monoisotopic (exact) mass is 242 g/mol. The molecule has 1 fully saturated rings. The molecule has 1 N–H and O–H groups in total. The van der Waals surface area contributed by atoms with E-state index < -0.39 is 0 Å². The summed E-state index contributed by atoms with van der Waals surface area (Å²) in [7, 11) is 1.65. The molecule has 0 saturated heterocycles. The number of ether oxygens (including phenoxy) is 1. The Morgan fingerprint density at radius 2 is 2.06 bits per heavy atom. The Bertz CT molecular complexity index is 227. The maximum Gasteiger partial charge on any atom is 0.317 e. The van der Waals surface area contributed by atoms with Gasteiger partial charge in [0.15, 0.2) is 0 Å². The van der Waals surface area contributed by atoms with E-state index in [0.717, 1.165) is 19.4 Å². The molecular weight excluding hydrogens is 216 g/mol. The molecule has 0 bridgehead atoms. The summed E-state index contributed by atoms with van der Waals surface area (Å²) in [6, 6.07) is 0.567. The van der Waals surface area contributed by atoms with Crippen LogP contribution in [0.5, 0.6) is 0 Å². The number of carbonyl (C=O) groups excluding carboxylic acids is 1. The zero-order valence-electron chi connectivity index (χ0n) is 11.4. The number of carbonyl (C=O) groups is 1. The molecule has 1 aliphatic carbocycles. The van der Waals surface area contributed by atoms with E-state index in [1.54, 1.807) is 7.11 Å². The van der Waals surface area contributed by atoms with Crippen molar-refractivity contribution in [2.75, 3.05) is 20.3 Å². The normalized spacial score (nSPS) is 18.8. The first-order valence-electron chi connectivity index (χ1n) is 6.75. The Kier molecular flexibility index (Phi) is 6.34. The van der Waals surface area contributed by atoms with Crippen LogP contribution in [0.4, 0.5) is 4.79 Å². The van der Waals surface area contributed by atoms with Crippen LogP contribution in [-0.2, 0) is 4.74 Å². The molecule has 0 aromatic rings. The molecule has 17 heavy (non-hydrogen) atoms. The standard InChI is InChI=1S/C13H26N2O2/c1-4-15(12-8-6-5-7-9-12)13(16)14-11(2)10-17-3/h11-12H,4-10H2,1-3H3,(H,14,16). The van der Waals surface area contributed by atoms with Gasteiger partial charge in [-0.1, -0.05) is 19.3 Å². The second-order valence-electron chi connectivity index (χ2n) is 4.88. The molecule has 0 radical (unpaired) electrons. The van der Waals surface area contributed by atoms with Crippen LogP contribution < -0.4 is 5.32 Å². The van der Waals surface area contributed by atoms with Crippen LogP contribution >= 0.6 is 0 Å². The highest BCUT2D eigenvalue weighted by Gasteiger charge is 2.24. The van der Waals surface area contributed by atoms with Gasteiger partial charge >= 0.3 is 6.03 Å². The van der Waals surface area contributed by atoms with Gasteiger partial charge in [-0.15, -0.1) is 0 Å². The lowest BCUT2D eigenvalue weighted by molar-refractivity contribution is 0.141. The lowest BCUT2D eigenvalue weighted by atomic mass is 9.94. The van der Waals surface area contributed by atoms with Gasteiger partial charge in [0.05, 0.1) is 12.6 Å². The predicted octanol–water partition coefficient (Wildman–Crippen LogP) is 2.39. The molecule has 0 aliphatic heterocycles. The van der Waals surface area contributed by atoms with Crippen LogP contribution in [0.15, 0.2) is 0 Å². The third-order valence-corrected chi connectivity index (χ3v) is 3.40. The fourth-order valence-corrected chi connectivity index (χ4v) is 2.55. The second-order valence-corrected chi connectivity index (χ2v) is 4.88. The molecule has 0 heterocycles. The van der Waals surface area contributed by atoms with Gasteiger partial charge in [-0.25, -0.2) is 4.79 Å². The minimum absolute atomic E-state index is 0.0592. The van der Waals surface area contributed by atoms with Crippen molar-refractivity contribution in [3.8, 4) is 0 Å². The van der Waals surface area contributed by atoms with Crippen molar-refractivity contribution < 1.29 is 9.53 Å². The lowest BCUT2D eigenvalue weighted by Gasteiger charge is -2.34. The first-order valence-corrected chi connectivity index (χ1v) is 6.75. The predicted molar refractivity (Wildman–Crippen MR) is 69.1 cm³/mol. The minimum Gasteiger partial charge on any atom is -0.383 e. The van der Waals surface area contributed by atoms with Gasteiger partial charge in [0, 0.05) is 19.7 Å². The lowest BCUT2D eigenvalue weighted by Crippen LogP contribution is -2.50. The van der Waals surface area contributed by atoms with Gasteiger partial charge in [0.25, 0.3) is 0 Å². The molecular formula is C13H26N2O2. The zero-order chi connectivity index (χ0) is 12.7. The number of rotatable bonds is 5. The van der Waals surface area contributed by atoms with E-state index in [-0.39, 0.29) is 12.1 Å². The average Bonchev–Trinajstić information content (AvgIpc) is 2.31. The molecule has 1 saturated carbocycles. The number of urea groups is 1. The van der Waals surface area contributed by atoms with Crippen LogP contribution in [0.1, 0.15) is 46.0 Å². The largest absolute Gasteiger partial charge is 0.383 e. The van der Waals surface area contributed by atoms with Crippen LogP contribution in [0, 0.1) is 0 Å². The maximum absolute atomic E-state index is 12.1. The summed E-state index contributed by atoms with van der Waals surface area (Å²) >= 11 is 0. The smallest absolute Gasteiger partial charge is 0.317 e. The van der Waals surface area contributed by atoms with E-state index >= 15 is 0 Å². The van der Waals surface area contributed by atoms with Crippen molar-refractivity contribution in [2.45, 2.75) is 58.0 Å². The van der Waals surface area contributed by atoms with Crippen LogP contribution in [0.3, 0.4) is 0 Å². The van der Waals surface area contributed by atoms with Crippen molar-refractivity contribution in [1.82, 2.24) is 10.2 Å². The second kappa shape index (κ2) is 7.54. The number of hydrogen-bond acceptors (Lipinski definition) is 2. The number of amides is 2. The van der Waals surface area contributed by atoms with Crippen molar-refractivity contribution in [3.63, 3.8) is 0 Å². The first-order chi connectivity index (χ1) is 8.19. The van der Waals surface area contributed by atoms with E-state index in [2.05, 4.69) is 12.2 Å². The van der Waals surface area contributed by atoms with Gasteiger partial charge in [-0.3, -0.25) is 0 Å². The van der Waals surface area contributed by atoms with E-state index in [9.17, 15) is 4.79 Å². The molecule has 1 aliphatic rings. The fraction of sp³-hybridized carbons (Fsp3) is 0.923. The van der Waals surface area contributed by atoms with E-state index in [1.165, 1.54) is 19.3 Å². The van der Waals surface area contributed by atoms with Crippen LogP contribution in [0.2, 0.25) is 0 Å². The number of hydrogen-bond donors (Lipinski definition) is 1. The highest BCUT2D eigenvalue weighted by molar-refractivity contribution is 5.74. The van der Waals surface area contributed by atoms with Crippen molar-refractivity contribution >= 4 is 6.03 Å². The molecule has 100 valence electrons. The third kappa shape index (κ3) is 4.54. The van der Waals surface area contributed by atoms with Crippen LogP contribution in [0.25, 0.3) is 0 Å². The zero-order valence-corrected chi connectivity index (χ0v) is 11.4. The summed E-state index contributed by atoms with van der Waals surface area (Å²) in [5.74, 6) is 0. The SMILES string of the molecule is CCN(C(=O)NC(C)COC)C1CCCCC1. The average molecular weight is 242 g/mol. The van der Waals surface area contributed by atoms with Crippen molar-refractivity contribution in [3.05, 3.63) is 0 Å². The quantitative estimate of drug-likeness (QED) is 0.804. The van der Waals surface area contributed by atoms with Gasteiger partial charge in [-0.05, 0) is 26.7 Å². The minimum atomic E-state index is 0.0592. The van der Waals surface area contributed by atoms with E-state index in [1.807, 2.05) is 11.8 Å². The first kappa shape index (κ1) is 14.3. The topological polar surface area (TPSA) is 41.6 Å². The Balaban J connectivity index is 2.45. The summed E-state index contributed by atoms with van der Waals surface area (Å²) < 4.78 is 5.03. The maximum atomic E-state index is 12.1. The third-order valence-electron chi connectivity index (χ3n) is 3.40. The highest BCUT2D eigenvalue weighted by atomic mass is 16.5. The number of nitrogens with zero attached hydrogens (tertiary/aromatic N) is 1. The number of nitrogens with one attached hydrogen (secondary N) is 1. The van der Waals surface area contributed by atoms with Crippen molar-refractivity contribution in [1.29, 1.82) is 0 Å². The molecule has 4 nitrogen and oxygen atoms in total. The van der Waals surface area contributed by atoms with E-state index in [4.69, 9.17) is 4.74 Å². The molecule has 0 aromatic carbocycles. The highest BCUT2D eigenvalue weighted by Crippen LogP contribution is 2.22. The van der Waals surface area contributed by atoms with E-state index in [0.29, 0.717) is 12.6 Å². The van der Waals surface area contributed by atoms with Gasteiger partial charge < -0.3 is 15.0 Å². The van der Waals surface area contributed by atoms with Gasteiger partial charge in [-0.2, -0.15) is 0 Å². The Morgan fingerprint density at radius 1 is 1.41 bits per heavy atom. The fourth-order valence-electron chi connectivity index (χ4n) is 2.55. The Hall–Kier alpha value is -0.770. The molecule has 2 amide bonds. The Labute approximate surface area is 105 Å². The van der Waals surface area contributed by atoms with Crippen LogP contribution in [-0.4, -0.2) is 43.3 Å². The molecule has 1 unspecified atom stereocenters. The molecule has 1 rings (SSSR count). The van der Waals surface area contributed by atoms with Crippen molar-refractivity contribution in [2.24, 2.45) is 0 Å². The summed E-state index contributed by atoms with van der Waals surface area (Å²) in [6.07, 6.45) is 6.12. The molecule has 1 atom stereocenters. The Morgan fingerprint density at radius 3 is 2.59 bits per heavy atom. The summed E-state index contributed by atoms with van der Waals surface area (Å²) in [5.41, 5.74) is 0. The van der Waals surface area contributed by atoms with Gasteiger partial charge in [0.2, 0.25) is 0 Å². The van der Waals surface area contributed by atoms with Gasteiger partial charge in [0.1, 0.15) is 0 Å². The number of methoxy groups -OCH3 is 1. The summed E-state index contributed by atoms with van der Waals surface area (Å²) in [6.45, 7) is 5.37. The molecule has 0 aromatic heterocycles.